The van der Waals surface area contributed by atoms with Crippen LogP contribution in [0.5, 0.6) is 0 Å². The molecule has 1 heterocycles. The van der Waals surface area contributed by atoms with Crippen LogP contribution in [0.15, 0.2) is 0 Å². The second kappa shape index (κ2) is 4.76. The first-order chi connectivity index (χ1) is 6.81. The van der Waals surface area contributed by atoms with E-state index in [0.29, 0.717) is 0 Å². The van der Waals surface area contributed by atoms with E-state index in [1.807, 2.05) is 27.8 Å². The first-order valence-electron chi connectivity index (χ1n) is 4.86. The fourth-order valence-corrected chi connectivity index (χ4v) is 2.75. The number of nitrogens with zero attached hydrogens (tertiary/aromatic N) is 2. The number of rotatable bonds is 4. The van der Waals surface area contributed by atoms with Crippen molar-refractivity contribution in [2.24, 2.45) is 12.8 Å². The van der Waals surface area contributed by atoms with E-state index in [-0.39, 0.29) is 5.54 Å². The first kappa shape index (κ1) is 12.9. The molecule has 1 rings (SSSR count). The molecule has 1 aromatic heterocycles. The predicted octanol–water partition coefficient (Wildman–Crippen LogP) is 2.35. The van der Waals surface area contributed by atoms with Gasteiger partial charge in [-0.1, -0.05) is 11.6 Å². The molecule has 0 amide bonds. The number of aryl methyl sites for hydroxylation is 2. The summed E-state index contributed by atoms with van der Waals surface area (Å²) in [4.78, 5) is 0. The molecule has 0 saturated heterocycles. The maximum atomic E-state index is 6.12. The lowest BCUT2D eigenvalue weighted by atomic mass is 10.1. The molecule has 0 radical (unpaired) electrons. The summed E-state index contributed by atoms with van der Waals surface area (Å²) in [7, 11) is 1.86. The summed E-state index contributed by atoms with van der Waals surface area (Å²) in [6, 6.07) is 0. The van der Waals surface area contributed by atoms with Crippen molar-refractivity contribution >= 4 is 23.4 Å². The van der Waals surface area contributed by atoms with Gasteiger partial charge in [-0.15, -0.1) is 0 Å². The number of nitrogens with two attached hydrogens (primary N) is 1. The van der Waals surface area contributed by atoms with Crippen molar-refractivity contribution in [2.75, 3.05) is 5.75 Å². The maximum Gasteiger partial charge on any atom is 0.131 e. The largest absolute Gasteiger partial charge is 0.325 e. The normalized spacial score (nSPS) is 12.1. The van der Waals surface area contributed by atoms with E-state index in [9.17, 15) is 0 Å². The number of thioether (sulfide) groups is 1. The number of hydrogen-bond acceptors (Lipinski definition) is 3. The van der Waals surface area contributed by atoms with E-state index in [1.54, 1.807) is 16.4 Å². The molecule has 15 heavy (non-hydrogen) atoms. The van der Waals surface area contributed by atoms with Crippen LogP contribution in [0.4, 0.5) is 0 Å². The van der Waals surface area contributed by atoms with Gasteiger partial charge in [-0.3, -0.25) is 4.68 Å². The highest BCUT2D eigenvalue weighted by Gasteiger charge is 2.14. The quantitative estimate of drug-likeness (QED) is 0.888. The van der Waals surface area contributed by atoms with Crippen molar-refractivity contribution in [2.45, 2.75) is 32.1 Å². The van der Waals surface area contributed by atoms with E-state index in [0.717, 1.165) is 27.9 Å². The molecule has 3 nitrogen and oxygen atoms in total. The number of halogens is 1. The van der Waals surface area contributed by atoms with Crippen LogP contribution in [-0.2, 0) is 12.8 Å². The molecule has 0 aliphatic rings. The van der Waals surface area contributed by atoms with Crippen LogP contribution in [0, 0.1) is 6.92 Å². The van der Waals surface area contributed by atoms with Gasteiger partial charge in [0.2, 0.25) is 0 Å². The van der Waals surface area contributed by atoms with Crippen LogP contribution in [0.2, 0.25) is 5.15 Å². The first-order valence-corrected chi connectivity index (χ1v) is 6.39. The molecule has 0 bridgehead atoms. The van der Waals surface area contributed by atoms with Gasteiger partial charge in [-0.2, -0.15) is 16.9 Å². The summed E-state index contributed by atoms with van der Waals surface area (Å²) < 4.78 is 1.71. The highest BCUT2D eigenvalue weighted by molar-refractivity contribution is 7.98. The fraction of sp³-hybridized carbons (Fsp3) is 0.700. The number of aromatic nitrogens is 2. The summed E-state index contributed by atoms with van der Waals surface area (Å²) in [6.45, 7) is 6.03. The monoisotopic (exact) mass is 247 g/mol. The van der Waals surface area contributed by atoms with E-state index in [1.165, 1.54) is 0 Å². The van der Waals surface area contributed by atoms with Crippen molar-refractivity contribution in [3.8, 4) is 0 Å². The molecule has 0 fully saturated rings. The third kappa shape index (κ3) is 3.70. The smallest absolute Gasteiger partial charge is 0.131 e. The van der Waals surface area contributed by atoms with Gasteiger partial charge < -0.3 is 5.73 Å². The summed E-state index contributed by atoms with van der Waals surface area (Å²) in [5, 5.41) is 5.00. The Bertz CT molecular complexity index is 341. The average molecular weight is 248 g/mol. The Labute approximate surface area is 100 Å². The van der Waals surface area contributed by atoms with Crippen LogP contribution in [0.3, 0.4) is 0 Å². The van der Waals surface area contributed by atoms with Crippen molar-refractivity contribution in [3.63, 3.8) is 0 Å². The Kier molecular flexibility index (Phi) is 4.09. The Morgan fingerprint density at radius 1 is 1.53 bits per heavy atom. The van der Waals surface area contributed by atoms with Gasteiger partial charge in [-0.25, -0.2) is 0 Å². The summed E-state index contributed by atoms with van der Waals surface area (Å²) in [5.41, 5.74) is 7.90. The van der Waals surface area contributed by atoms with E-state index < -0.39 is 0 Å². The van der Waals surface area contributed by atoms with Gasteiger partial charge in [0.25, 0.3) is 0 Å². The summed E-state index contributed by atoms with van der Waals surface area (Å²) in [6.07, 6.45) is 0. The molecule has 0 aliphatic carbocycles. The molecule has 0 aromatic carbocycles. The SMILES string of the molecule is Cc1nn(C)c(Cl)c1CSCC(C)(C)N. The zero-order chi connectivity index (χ0) is 11.6. The molecule has 0 atom stereocenters. The Morgan fingerprint density at radius 2 is 2.13 bits per heavy atom. The standard InChI is InChI=1S/C10H18ClN3S/c1-7-8(9(11)14(4)13-7)5-15-6-10(2,3)12/h5-6,12H2,1-4H3. The Morgan fingerprint density at radius 3 is 2.53 bits per heavy atom. The van der Waals surface area contributed by atoms with Crippen molar-refractivity contribution in [1.29, 1.82) is 0 Å². The predicted molar refractivity (Wildman–Crippen MR) is 67.4 cm³/mol. The third-order valence-electron chi connectivity index (χ3n) is 1.99. The van der Waals surface area contributed by atoms with Crippen LogP contribution in [0.1, 0.15) is 25.1 Å². The topological polar surface area (TPSA) is 43.8 Å². The fourth-order valence-electron chi connectivity index (χ4n) is 1.25. The molecule has 5 heteroatoms. The lowest BCUT2D eigenvalue weighted by molar-refractivity contribution is 0.591. The van der Waals surface area contributed by atoms with Crippen molar-refractivity contribution in [1.82, 2.24) is 9.78 Å². The Balaban J connectivity index is 2.58. The van der Waals surface area contributed by atoms with Gasteiger partial charge in [0, 0.05) is 29.7 Å². The molecular formula is C10H18ClN3S. The van der Waals surface area contributed by atoms with Gasteiger partial charge in [0.1, 0.15) is 5.15 Å². The molecule has 0 unspecified atom stereocenters. The van der Waals surface area contributed by atoms with Gasteiger partial charge in [0.15, 0.2) is 0 Å². The maximum absolute atomic E-state index is 6.12. The van der Waals surface area contributed by atoms with Gasteiger partial charge in [0.05, 0.1) is 5.69 Å². The zero-order valence-electron chi connectivity index (χ0n) is 9.67. The molecule has 86 valence electrons. The highest BCUT2D eigenvalue weighted by atomic mass is 35.5. The minimum Gasteiger partial charge on any atom is -0.325 e. The van der Waals surface area contributed by atoms with E-state index in [2.05, 4.69) is 5.10 Å². The molecule has 2 N–H and O–H groups in total. The second-order valence-electron chi connectivity index (χ2n) is 4.46. The average Bonchev–Trinajstić information content (AvgIpc) is 2.29. The molecular weight excluding hydrogens is 230 g/mol. The van der Waals surface area contributed by atoms with E-state index in [4.69, 9.17) is 17.3 Å². The summed E-state index contributed by atoms with van der Waals surface area (Å²) in [5.74, 6) is 1.79. The Hall–Kier alpha value is -0.190. The third-order valence-corrected chi connectivity index (χ3v) is 3.90. The van der Waals surface area contributed by atoms with Crippen LogP contribution in [0.25, 0.3) is 0 Å². The van der Waals surface area contributed by atoms with Crippen LogP contribution < -0.4 is 5.73 Å². The molecule has 0 spiro atoms. The lowest BCUT2D eigenvalue weighted by Crippen LogP contribution is -2.34. The van der Waals surface area contributed by atoms with Crippen molar-refractivity contribution < 1.29 is 0 Å². The van der Waals surface area contributed by atoms with Crippen LogP contribution in [-0.4, -0.2) is 21.1 Å². The minimum absolute atomic E-state index is 0.132. The zero-order valence-corrected chi connectivity index (χ0v) is 11.2. The number of hydrogen-bond donors (Lipinski definition) is 1. The molecule has 0 saturated carbocycles. The van der Waals surface area contributed by atoms with Crippen LogP contribution >= 0.6 is 23.4 Å². The van der Waals surface area contributed by atoms with Gasteiger partial charge >= 0.3 is 0 Å². The molecule has 1 aromatic rings. The highest BCUT2D eigenvalue weighted by Crippen LogP contribution is 2.24. The van der Waals surface area contributed by atoms with Gasteiger partial charge in [-0.05, 0) is 20.8 Å². The minimum atomic E-state index is -0.132. The molecule has 0 aliphatic heterocycles. The van der Waals surface area contributed by atoms with Crippen molar-refractivity contribution in [3.05, 3.63) is 16.4 Å². The lowest BCUT2D eigenvalue weighted by Gasteiger charge is -2.17. The summed E-state index contributed by atoms with van der Waals surface area (Å²) >= 11 is 7.91. The second-order valence-corrected chi connectivity index (χ2v) is 5.80. The van der Waals surface area contributed by atoms with E-state index >= 15 is 0 Å².